The van der Waals surface area contributed by atoms with Gasteiger partial charge in [-0.15, -0.1) is 5.10 Å². The molecular formula is C17H22N4O. The second-order valence-corrected chi connectivity index (χ2v) is 6.62. The van der Waals surface area contributed by atoms with E-state index in [9.17, 15) is 4.79 Å². The van der Waals surface area contributed by atoms with E-state index in [-0.39, 0.29) is 5.56 Å². The van der Waals surface area contributed by atoms with Crippen molar-refractivity contribution < 1.29 is 0 Å². The number of rotatable bonds is 2. The van der Waals surface area contributed by atoms with Gasteiger partial charge in [-0.3, -0.25) is 9.69 Å². The minimum absolute atomic E-state index is 0.0245. The number of hydrogen-bond donors (Lipinski definition) is 0. The smallest absolute Gasteiger partial charge is 0.278 e. The molecule has 0 N–H and O–H groups in total. The first-order chi connectivity index (χ1) is 10.8. The molecule has 0 bridgehead atoms. The molecule has 0 radical (unpaired) electrons. The van der Waals surface area contributed by atoms with Gasteiger partial charge in [0.05, 0.1) is 12.1 Å². The van der Waals surface area contributed by atoms with E-state index in [0.29, 0.717) is 23.6 Å². The zero-order valence-corrected chi connectivity index (χ0v) is 12.8. The first-order valence-electron chi connectivity index (χ1n) is 8.39. The third kappa shape index (κ3) is 2.43. The summed E-state index contributed by atoms with van der Waals surface area (Å²) in [5, 5.41) is 9.01. The topological polar surface area (TPSA) is 51.0 Å². The minimum Gasteiger partial charge on any atom is -0.281 e. The molecule has 2 fully saturated rings. The molecule has 1 aromatic heterocycles. The van der Waals surface area contributed by atoms with Crippen molar-refractivity contribution >= 4 is 10.9 Å². The predicted molar refractivity (Wildman–Crippen MR) is 85.5 cm³/mol. The first kappa shape index (κ1) is 13.9. The number of benzene rings is 1. The average Bonchev–Trinajstić information content (AvgIpc) is 2.58. The lowest BCUT2D eigenvalue weighted by Crippen LogP contribution is -2.48. The molecular weight excluding hydrogens is 276 g/mol. The lowest BCUT2D eigenvalue weighted by atomic mass is 9.78. The Bertz CT molecular complexity index is 724. The van der Waals surface area contributed by atoms with Gasteiger partial charge in [0.1, 0.15) is 5.52 Å². The summed E-state index contributed by atoms with van der Waals surface area (Å²) in [6.45, 7) is 1.65. The van der Waals surface area contributed by atoms with E-state index in [1.807, 2.05) is 24.3 Å². The number of hydrogen-bond acceptors (Lipinski definition) is 4. The van der Waals surface area contributed by atoms with Crippen LogP contribution in [0.5, 0.6) is 0 Å². The number of piperidine rings is 1. The van der Waals surface area contributed by atoms with Gasteiger partial charge in [0.2, 0.25) is 0 Å². The van der Waals surface area contributed by atoms with Crippen LogP contribution >= 0.6 is 0 Å². The van der Waals surface area contributed by atoms with Crippen LogP contribution in [0.2, 0.25) is 0 Å². The van der Waals surface area contributed by atoms with E-state index >= 15 is 0 Å². The van der Waals surface area contributed by atoms with Gasteiger partial charge in [-0.05, 0) is 43.7 Å². The van der Waals surface area contributed by atoms with Crippen LogP contribution in [0.3, 0.4) is 0 Å². The lowest BCUT2D eigenvalue weighted by molar-refractivity contribution is 0.0308. The Labute approximate surface area is 129 Å². The maximum Gasteiger partial charge on any atom is 0.278 e. The molecule has 0 spiro atoms. The highest BCUT2D eigenvalue weighted by Crippen LogP contribution is 2.35. The van der Waals surface area contributed by atoms with Gasteiger partial charge in [-0.25, -0.2) is 0 Å². The highest BCUT2D eigenvalue weighted by atomic mass is 16.1. The number of nitrogens with zero attached hydrogens (tertiary/aromatic N) is 4. The Morgan fingerprint density at radius 1 is 1.09 bits per heavy atom. The summed E-state index contributed by atoms with van der Waals surface area (Å²) in [4.78, 5) is 15.1. The Morgan fingerprint density at radius 2 is 1.91 bits per heavy atom. The predicted octanol–water partition coefficient (Wildman–Crippen LogP) is 2.40. The normalized spacial score (nSPS) is 26.0. The second kappa shape index (κ2) is 5.80. The molecule has 2 atom stereocenters. The molecule has 1 saturated carbocycles. The van der Waals surface area contributed by atoms with Crippen LogP contribution < -0.4 is 5.56 Å². The summed E-state index contributed by atoms with van der Waals surface area (Å²) in [5.41, 5.74) is 0.654. The fourth-order valence-corrected chi connectivity index (χ4v) is 4.19. The molecule has 2 aromatic rings. The van der Waals surface area contributed by atoms with Gasteiger partial charge >= 0.3 is 0 Å². The van der Waals surface area contributed by atoms with Crippen LogP contribution in [0, 0.1) is 5.92 Å². The van der Waals surface area contributed by atoms with Gasteiger partial charge in [-0.1, -0.05) is 30.2 Å². The SMILES string of the molecule is O=c1c2ccccc2nnn1CN1CCC[C@@H]2CCCC[C@@H]21. The maximum atomic E-state index is 12.6. The molecule has 0 amide bonds. The molecule has 4 rings (SSSR count). The summed E-state index contributed by atoms with van der Waals surface area (Å²) < 4.78 is 1.54. The van der Waals surface area contributed by atoms with Crippen molar-refractivity contribution in [3.8, 4) is 0 Å². The standard InChI is InChI=1S/C17H22N4O/c22-17-14-8-2-3-9-15(14)18-19-21(17)12-20-11-5-7-13-6-1-4-10-16(13)20/h2-3,8-9,13,16H,1,4-7,10-12H2/t13-,16-/m0/s1. The van der Waals surface area contributed by atoms with E-state index in [1.165, 1.54) is 38.5 Å². The molecule has 22 heavy (non-hydrogen) atoms. The van der Waals surface area contributed by atoms with Crippen LogP contribution in [-0.4, -0.2) is 32.5 Å². The molecule has 5 heteroatoms. The van der Waals surface area contributed by atoms with Crippen LogP contribution in [0.4, 0.5) is 0 Å². The van der Waals surface area contributed by atoms with Gasteiger partial charge in [0.25, 0.3) is 5.56 Å². The summed E-state index contributed by atoms with van der Waals surface area (Å²) >= 11 is 0. The quantitative estimate of drug-likeness (QED) is 0.854. The highest BCUT2D eigenvalue weighted by Gasteiger charge is 2.33. The maximum absolute atomic E-state index is 12.6. The third-order valence-electron chi connectivity index (χ3n) is 5.30. The highest BCUT2D eigenvalue weighted by molar-refractivity contribution is 5.76. The Morgan fingerprint density at radius 3 is 2.86 bits per heavy atom. The zero-order chi connectivity index (χ0) is 14.9. The van der Waals surface area contributed by atoms with Crippen molar-refractivity contribution in [2.24, 2.45) is 5.92 Å². The van der Waals surface area contributed by atoms with Crippen LogP contribution in [0.25, 0.3) is 10.9 Å². The van der Waals surface area contributed by atoms with Crippen molar-refractivity contribution in [3.63, 3.8) is 0 Å². The Kier molecular flexibility index (Phi) is 3.66. The lowest BCUT2D eigenvalue weighted by Gasteiger charge is -2.43. The molecule has 1 aromatic carbocycles. The molecule has 1 aliphatic heterocycles. The fraction of sp³-hybridized carbons (Fsp3) is 0.588. The van der Waals surface area contributed by atoms with Gasteiger partial charge in [0, 0.05) is 12.6 Å². The number of aromatic nitrogens is 3. The molecule has 1 aliphatic carbocycles. The molecule has 0 unspecified atom stereocenters. The van der Waals surface area contributed by atoms with Crippen molar-refractivity contribution in [1.82, 2.24) is 19.9 Å². The third-order valence-corrected chi connectivity index (χ3v) is 5.30. The Balaban J connectivity index is 1.62. The monoisotopic (exact) mass is 298 g/mol. The molecule has 2 heterocycles. The fourth-order valence-electron chi connectivity index (χ4n) is 4.19. The summed E-state index contributed by atoms with van der Waals surface area (Å²) in [6, 6.07) is 8.07. The molecule has 116 valence electrons. The van der Waals surface area contributed by atoms with Crippen molar-refractivity contribution in [3.05, 3.63) is 34.6 Å². The largest absolute Gasteiger partial charge is 0.281 e. The molecule has 2 aliphatic rings. The zero-order valence-electron chi connectivity index (χ0n) is 12.8. The molecule has 5 nitrogen and oxygen atoms in total. The van der Waals surface area contributed by atoms with Gasteiger partial charge < -0.3 is 0 Å². The Hall–Kier alpha value is -1.75. The van der Waals surface area contributed by atoms with Crippen LogP contribution in [0.1, 0.15) is 38.5 Å². The van der Waals surface area contributed by atoms with Crippen molar-refractivity contribution in [2.75, 3.05) is 6.54 Å². The van der Waals surface area contributed by atoms with E-state index < -0.39 is 0 Å². The van der Waals surface area contributed by atoms with E-state index in [2.05, 4.69) is 15.2 Å². The second-order valence-electron chi connectivity index (χ2n) is 6.62. The summed E-state index contributed by atoms with van der Waals surface area (Å²) in [6.07, 6.45) is 7.87. The molecule has 1 saturated heterocycles. The first-order valence-corrected chi connectivity index (χ1v) is 8.39. The average molecular weight is 298 g/mol. The van der Waals surface area contributed by atoms with Gasteiger partial charge in [-0.2, -0.15) is 4.68 Å². The summed E-state index contributed by atoms with van der Waals surface area (Å²) in [5.74, 6) is 0.812. The minimum atomic E-state index is -0.0245. The van der Waals surface area contributed by atoms with Gasteiger partial charge in [0.15, 0.2) is 0 Å². The van der Waals surface area contributed by atoms with E-state index in [4.69, 9.17) is 0 Å². The van der Waals surface area contributed by atoms with Crippen LogP contribution in [-0.2, 0) is 6.67 Å². The number of likely N-dealkylation sites (tertiary alicyclic amines) is 1. The van der Waals surface area contributed by atoms with Crippen molar-refractivity contribution in [1.29, 1.82) is 0 Å². The van der Waals surface area contributed by atoms with E-state index in [1.54, 1.807) is 4.68 Å². The number of fused-ring (bicyclic) bond motifs is 2. The van der Waals surface area contributed by atoms with E-state index in [0.717, 1.165) is 12.5 Å². The van der Waals surface area contributed by atoms with Crippen LogP contribution in [0.15, 0.2) is 29.1 Å². The van der Waals surface area contributed by atoms with Crippen molar-refractivity contribution in [2.45, 2.75) is 51.2 Å². The summed E-state index contributed by atoms with van der Waals surface area (Å²) in [7, 11) is 0.